The number of halogens is 1. The molecule has 1 aromatic heterocycles. The Hall–Kier alpha value is -1.66. The molecule has 0 saturated heterocycles. The fraction of sp³-hybridized carbons (Fsp3) is 0.0909. The Balaban J connectivity index is 2.37. The number of nitrogens with one attached hydrogen (secondary N) is 1. The Labute approximate surface area is 106 Å². The zero-order chi connectivity index (χ0) is 12.4. The molecule has 0 radical (unpaired) electrons. The van der Waals surface area contributed by atoms with Crippen LogP contribution in [-0.2, 0) is 4.79 Å². The molecular weight excluding hydrogens is 286 g/mol. The minimum Gasteiger partial charge on any atom is -0.480 e. The number of carboxylic acids is 1. The molecule has 0 aliphatic heterocycles. The van der Waals surface area contributed by atoms with E-state index in [0.29, 0.717) is 0 Å². The minimum atomic E-state index is -1.13. The molecule has 2 aromatic rings. The van der Waals surface area contributed by atoms with E-state index in [0.717, 1.165) is 15.7 Å². The van der Waals surface area contributed by atoms with Gasteiger partial charge in [0.15, 0.2) is 6.04 Å². The molecule has 17 heavy (non-hydrogen) atoms. The summed E-state index contributed by atoms with van der Waals surface area (Å²) < 4.78 is 0.902. The SMILES string of the molecule is NC(C(=O)O)c1ncc(-c2ccccc2Br)[nH]1. The van der Waals surface area contributed by atoms with E-state index >= 15 is 0 Å². The highest BCUT2D eigenvalue weighted by Gasteiger charge is 2.18. The molecule has 1 aromatic carbocycles. The van der Waals surface area contributed by atoms with Gasteiger partial charge in [0.05, 0.1) is 11.9 Å². The molecular formula is C11H10BrN3O2. The minimum absolute atomic E-state index is 0.239. The first-order valence-electron chi connectivity index (χ1n) is 4.88. The van der Waals surface area contributed by atoms with Crippen LogP contribution in [0.1, 0.15) is 11.9 Å². The van der Waals surface area contributed by atoms with Crippen molar-refractivity contribution in [1.29, 1.82) is 0 Å². The van der Waals surface area contributed by atoms with Gasteiger partial charge in [-0.1, -0.05) is 34.1 Å². The summed E-state index contributed by atoms with van der Waals surface area (Å²) in [7, 11) is 0. The van der Waals surface area contributed by atoms with Gasteiger partial charge in [-0.25, -0.2) is 4.98 Å². The van der Waals surface area contributed by atoms with Crippen molar-refractivity contribution in [1.82, 2.24) is 9.97 Å². The van der Waals surface area contributed by atoms with Gasteiger partial charge in [0.1, 0.15) is 5.82 Å². The number of H-pyrrole nitrogens is 1. The summed E-state index contributed by atoms with van der Waals surface area (Å²) in [6.45, 7) is 0. The number of aliphatic carboxylic acids is 1. The van der Waals surface area contributed by atoms with Gasteiger partial charge in [0.2, 0.25) is 0 Å². The van der Waals surface area contributed by atoms with Crippen molar-refractivity contribution in [2.75, 3.05) is 0 Å². The third-order valence-corrected chi connectivity index (χ3v) is 3.01. The number of hydrogen-bond donors (Lipinski definition) is 3. The van der Waals surface area contributed by atoms with E-state index in [4.69, 9.17) is 10.8 Å². The van der Waals surface area contributed by atoms with E-state index in [1.807, 2.05) is 24.3 Å². The summed E-state index contributed by atoms with van der Waals surface area (Å²) >= 11 is 3.41. The smallest absolute Gasteiger partial charge is 0.328 e. The van der Waals surface area contributed by atoms with Crippen LogP contribution in [0.5, 0.6) is 0 Å². The van der Waals surface area contributed by atoms with Crippen LogP contribution in [0.4, 0.5) is 0 Å². The van der Waals surface area contributed by atoms with Crippen LogP contribution in [0.25, 0.3) is 11.3 Å². The Morgan fingerprint density at radius 2 is 2.18 bits per heavy atom. The molecule has 0 aliphatic carbocycles. The van der Waals surface area contributed by atoms with Gasteiger partial charge in [-0.05, 0) is 6.07 Å². The lowest BCUT2D eigenvalue weighted by molar-refractivity contribution is -0.138. The zero-order valence-corrected chi connectivity index (χ0v) is 10.3. The molecule has 1 unspecified atom stereocenters. The van der Waals surface area contributed by atoms with E-state index in [-0.39, 0.29) is 5.82 Å². The Morgan fingerprint density at radius 3 is 2.82 bits per heavy atom. The fourth-order valence-electron chi connectivity index (χ4n) is 1.43. The Kier molecular flexibility index (Phi) is 3.26. The van der Waals surface area contributed by atoms with Gasteiger partial charge < -0.3 is 15.8 Å². The lowest BCUT2D eigenvalue weighted by Crippen LogP contribution is -2.21. The maximum Gasteiger partial charge on any atom is 0.328 e. The molecule has 0 amide bonds. The summed E-state index contributed by atoms with van der Waals surface area (Å²) in [5.41, 5.74) is 7.09. The summed E-state index contributed by atoms with van der Waals surface area (Å²) in [6, 6.07) is 6.44. The van der Waals surface area contributed by atoms with E-state index in [1.54, 1.807) is 6.20 Å². The molecule has 5 nitrogen and oxygen atoms in total. The van der Waals surface area contributed by atoms with Crippen molar-refractivity contribution in [3.8, 4) is 11.3 Å². The predicted octanol–water partition coefficient (Wildman–Crippen LogP) is 1.92. The lowest BCUT2D eigenvalue weighted by Gasteiger charge is -2.02. The number of imidazole rings is 1. The molecule has 0 fully saturated rings. The van der Waals surface area contributed by atoms with Gasteiger partial charge >= 0.3 is 5.97 Å². The zero-order valence-electron chi connectivity index (χ0n) is 8.72. The van der Waals surface area contributed by atoms with Crippen molar-refractivity contribution < 1.29 is 9.90 Å². The molecule has 0 bridgehead atoms. The number of nitrogens with zero attached hydrogens (tertiary/aromatic N) is 1. The summed E-state index contributed by atoms with van der Waals surface area (Å²) in [5, 5.41) is 8.78. The van der Waals surface area contributed by atoms with Crippen LogP contribution in [0, 0.1) is 0 Å². The molecule has 4 N–H and O–H groups in total. The van der Waals surface area contributed by atoms with Gasteiger partial charge in [-0.3, -0.25) is 4.79 Å². The number of aromatic nitrogens is 2. The largest absolute Gasteiger partial charge is 0.480 e. The van der Waals surface area contributed by atoms with Crippen molar-refractivity contribution >= 4 is 21.9 Å². The Bertz CT molecular complexity index is 553. The van der Waals surface area contributed by atoms with E-state index in [2.05, 4.69) is 25.9 Å². The first kappa shape index (κ1) is 11.8. The van der Waals surface area contributed by atoms with Gasteiger partial charge in [-0.2, -0.15) is 0 Å². The highest BCUT2D eigenvalue weighted by atomic mass is 79.9. The van der Waals surface area contributed by atoms with Crippen molar-refractivity contribution in [2.24, 2.45) is 5.73 Å². The topological polar surface area (TPSA) is 92.0 Å². The van der Waals surface area contributed by atoms with Crippen molar-refractivity contribution in [3.63, 3.8) is 0 Å². The highest BCUT2D eigenvalue weighted by Crippen LogP contribution is 2.26. The molecule has 0 spiro atoms. The summed E-state index contributed by atoms with van der Waals surface area (Å²) in [4.78, 5) is 17.6. The summed E-state index contributed by atoms with van der Waals surface area (Å²) in [6.07, 6.45) is 1.57. The predicted molar refractivity (Wildman–Crippen MR) is 66.3 cm³/mol. The van der Waals surface area contributed by atoms with E-state index in [1.165, 1.54) is 0 Å². The van der Waals surface area contributed by atoms with Crippen LogP contribution < -0.4 is 5.73 Å². The molecule has 1 atom stereocenters. The molecule has 88 valence electrons. The summed E-state index contributed by atoms with van der Waals surface area (Å²) in [5.74, 6) is -0.874. The molecule has 0 saturated carbocycles. The van der Waals surface area contributed by atoms with E-state index in [9.17, 15) is 4.79 Å². The maximum atomic E-state index is 10.7. The second kappa shape index (κ2) is 4.68. The van der Waals surface area contributed by atoms with Crippen LogP contribution in [0.2, 0.25) is 0 Å². The average molecular weight is 296 g/mol. The standard InChI is InChI=1S/C11H10BrN3O2/c12-7-4-2-1-3-6(7)8-5-14-10(15-8)9(13)11(16)17/h1-5,9H,13H2,(H,14,15)(H,16,17). The third-order valence-electron chi connectivity index (χ3n) is 2.32. The van der Waals surface area contributed by atoms with Gasteiger partial charge in [0.25, 0.3) is 0 Å². The maximum absolute atomic E-state index is 10.7. The fourth-order valence-corrected chi connectivity index (χ4v) is 1.93. The molecule has 0 aliphatic rings. The second-order valence-corrected chi connectivity index (χ2v) is 4.33. The molecule has 2 rings (SSSR count). The number of rotatable bonds is 3. The normalized spacial score (nSPS) is 12.4. The number of aromatic amines is 1. The van der Waals surface area contributed by atoms with Crippen LogP contribution in [-0.4, -0.2) is 21.0 Å². The third kappa shape index (κ3) is 2.37. The van der Waals surface area contributed by atoms with E-state index < -0.39 is 12.0 Å². The molecule has 6 heteroatoms. The van der Waals surface area contributed by atoms with Crippen LogP contribution >= 0.6 is 15.9 Å². The van der Waals surface area contributed by atoms with Crippen LogP contribution in [0.3, 0.4) is 0 Å². The Morgan fingerprint density at radius 1 is 1.47 bits per heavy atom. The van der Waals surface area contributed by atoms with Crippen molar-refractivity contribution in [2.45, 2.75) is 6.04 Å². The highest BCUT2D eigenvalue weighted by molar-refractivity contribution is 9.10. The number of hydrogen-bond acceptors (Lipinski definition) is 3. The van der Waals surface area contributed by atoms with Gasteiger partial charge in [0, 0.05) is 10.0 Å². The number of carbonyl (C=O) groups is 1. The lowest BCUT2D eigenvalue weighted by atomic mass is 10.2. The first-order chi connectivity index (χ1) is 8.09. The number of nitrogens with two attached hydrogens (primary N) is 1. The quantitative estimate of drug-likeness (QED) is 0.807. The number of carboxylic acid groups (broad SMARTS) is 1. The number of benzene rings is 1. The molecule has 1 heterocycles. The second-order valence-electron chi connectivity index (χ2n) is 3.48. The van der Waals surface area contributed by atoms with Crippen LogP contribution in [0.15, 0.2) is 34.9 Å². The monoisotopic (exact) mass is 295 g/mol. The van der Waals surface area contributed by atoms with Crippen molar-refractivity contribution in [3.05, 3.63) is 40.8 Å². The van der Waals surface area contributed by atoms with Gasteiger partial charge in [-0.15, -0.1) is 0 Å². The average Bonchev–Trinajstić information content (AvgIpc) is 2.77. The first-order valence-corrected chi connectivity index (χ1v) is 5.67.